The van der Waals surface area contributed by atoms with E-state index in [0.717, 1.165) is 88.1 Å². The van der Waals surface area contributed by atoms with Gasteiger partial charge in [-0.05, 0) is 48.5 Å². The zero-order valence-corrected chi connectivity index (χ0v) is 27.1. The van der Waals surface area contributed by atoms with Gasteiger partial charge in [-0.3, -0.25) is 0 Å². The standard InChI is InChI=1S/C45H26N4O2/c1-2-13-27(14-3-1)43-46-44(48-45(47-43)33-19-12-24-38-40(33)31-17-6-10-22-36(31)50-38)30-16-5-9-21-35(30)49-34-20-8-4-15-28(34)29-25-26-39-41(42(29)49)32-18-7-11-23-37(32)51-39/h1-26H. The van der Waals surface area contributed by atoms with Crippen molar-refractivity contribution in [3.05, 3.63) is 158 Å². The van der Waals surface area contributed by atoms with Gasteiger partial charge in [0.2, 0.25) is 0 Å². The lowest BCUT2D eigenvalue weighted by Crippen LogP contribution is -2.03. The van der Waals surface area contributed by atoms with Gasteiger partial charge >= 0.3 is 0 Å². The molecule has 238 valence electrons. The van der Waals surface area contributed by atoms with Crippen molar-refractivity contribution >= 4 is 65.7 Å². The maximum atomic E-state index is 6.40. The summed E-state index contributed by atoms with van der Waals surface area (Å²) in [4.78, 5) is 15.6. The topological polar surface area (TPSA) is 69.9 Å². The van der Waals surface area contributed by atoms with E-state index in [1.807, 2.05) is 78.9 Å². The first kappa shape index (κ1) is 27.9. The summed E-state index contributed by atoms with van der Waals surface area (Å²) in [5, 5.41) is 6.47. The molecule has 11 aromatic rings. The first-order valence-corrected chi connectivity index (χ1v) is 17.0. The number of nitrogens with zero attached hydrogens (tertiary/aromatic N) is 4. The van der Waals surface area contributed by atoms with Crippen molar-refractivity contribution in [2.45, 2.75) is 0 Å². The van der Waals surface area contributed by atoms with Crippen molar-refractivity contribution in [2.24, 2.45) is 0 Å². The van der Waals surface area contributed by atoms with Gasteiger partial charge in [0.1, 0.15) is 22.3 Å². The molecule has 0 aliphatic carbocycles. The van der Waals surface area contributed by atoms with E-state index in [1.165, 1.54) is 0 Å². The zero-order valence-electron chi connectivity index (χ0n) is 27.1. The Morgan fingerprint density at radius 2 is 0.941 bits per heavy atom. The van der Waals surface area contributed by atoms with E-state index in [-0.39, 0.29) is 0 Å². The molecule has 6 nitrogen and oxygen atoms in total. The Morgan fingerprint density at radius 3 is 1.75 bits per heavy atom. The molecule has 0 spiro atoms. The van der Waals surface area contributed by atoms with Crippen molar-refractivity contribution in [2.75, 3.05) is 0 Å². The van der Waals surface area contributed by atoms with Gasteiger partial charge in [-0.15, -0.1) is 0 Å². The molecule has 0 bridgehead atoms. The maximum Gasteiger partial charge on any atom is 0.166 e. The van der Waals surface area contributed by atoms with Gasteiger partial charge in [0, 0.05) is 43.6 Å². The summed E-state index contributed by atoms with van der Waals surface area (Å²) in [6.45, 7) is 0. The Labute approximate surface area is 290 Å². The number of fused-ring (bicyclic) bond motifs is 10. The third kappa shape index (κ3) is 4.14. The molecule has 0 aliphatic rings. The Balaban J connectivity index is 1.24. The highest BCUT2D eigenvalue weighted by Gasteiger charge is 2.23. The van der Waals surface area contributed by atoms with Crippen LogP contribution in [-0.4, -0.2) is 19.5 Å². The summed E-state index contributed by atoms with van der Waals surface area (Å²) in [5.41, 5.74) is 9.14. The normalized spacial score (nSPS) is 11.9. The zero-order chi connectivity index (χ0) is 33.5. The van der Waals surface area contributed by atoms with E-state index in [9.17, 15) is 0 Å². The van der Waals surface area contributed by atoms with E-state index in [0.29, 0.717) is 17.5 Å². The molecule has 11 rings (SSSR count). The fraction of sp³-hybridized carbons (Fsp3) is 0. The minimum Gasteiger partial charge on any atom is -0.456 e. The third-order valence-electron chi connectivity index (χ3n) is 9.87. The molecular formula is C45H26N4O2. The fourth-order valence-corrected chi connectivity index (χ4v) is 7.67. The molecule has 0 saturated carbocycles. The lowest BCUT2D eigenvalue weighted by molar-refractivity contribution is 0.668. The van der Waals surface area contributed by atoms with E-state index >= 15 is 0 Å². The minimum atomic E-state index is 0.578. The summed E-state index contributed by atoms with van der Waals surface area (Å²) in [6, 6.07) is 53.7. The lowest BCUT2D eigenvalue weighted by atomic mass is 10.1. The number of rotatable bonds is 4. The van der Waals surface area contributed by atoms with Crippen molar-refractivity contribution < 1.29 is 8.83 Å². The van der Waals surface area contributed by atoms with E-state index in [2.05, 4.69) is 83.4 Å². The molecule has 4 aromatic heterocycles. The van der Waals surface area contributed by atoms with Crippen LogP contribution in [0.15, 0.2) is 167 Å². The number of furan rings is 2. The van der Waals surface area contributed by atoms with E-state index in [4.69, 9.17) is 23.8 Å². The highest BCUT2D eigenvalue weighted by Crippen LogP contribution is 2.43. The van der Waals surface area contributed by atoms with E-state index < -0.39 is 0 Å². The molecule has 0 saturated heterocycles. The van der Waals surface area contributed by atoms with Gasteiger partial charge < -0.3 is 13.4 Å². The molecule has 4 heterocycles. The molecule has 0 fully saturated rings. The Morgan fingerprint density at radius 1 is 0.373 bits per heavy atom. The first-order chi connectivity index (χ1) is 25.3. The smallest absolute Gasteiger partial charge is 0.166 e. The summed E-state index contributed by atoms with van der Waals surface area (Å²) < 4.78 is 15.0. The molecule has 7 aromatic carbocycles. The molecule has 0 unspecified atom stereocenters. The molecular weight excluding hydrogens is 629 g/mol. The van der Waals surface area contributed by atoms with Gasteiger partial charge in [0.05, 0.1) is 22.1 Å². The van der Waals surface area contributed by atoms with Crippen LogP contribution >= 0.6 is 0 Å². The predicted octanol–water partition coefficient (Wildman–Crippen LogP) is 11.8. The van der Waals surface area contributed by atoms with Crippen LogP contribution in [0, 0.1) is 0 Å². The average Bonchev–Trinajstić information content (AvgIpc) is 3.87. The predicted molar refractivity (Wildman–Crippen MR) is 205 cm³/mol. The van der Waals surface area contributed by atoms with Crippen LogP contribution in [0.2, 0.25) is 0 Å². The second-order valence-corrected chi connectivity index (χ2v) is 12.8. The molecule has 6 heteroatoms. The van der Waals surface area contributed by atoms with Crippen molar-refractivity contribution in [1.82, 2.24) is 19.5 Å². The van der Waals surface area contributed by atoms with Crippen LogP contribution < -0.4 is 0 Å². The minimum absolute atomic E-state index is 0.578. The average molecular weight is 655 g/mol. The number of para-hydroxylation sites is 4. The second-order valence-electron chi connectivity index (χ2n) is 12.8. The molecule has 0 radical (unpaired) electrons. The SMILES string of the molecule is c1ccc(-c2nc(-c3ccccc3-n3c4ccccc4c4ccc5oc6ccccc6c5c43)nc(-c3cccc4oc5ccccc5c34)n2)cc1. The van der Waals surface area contributed by atoms with Gasteiger partial charge in [0.25, 0.3) is 0 Å². The summed E-state index contributed by atoms with van der Waals surface area (Å²) in [6.07, 6.45) is 0. The van der Waals surface area contributed by atoms with Gasteiger partial charge in [-0.25, -0.2) is 15.0 Å². The van der Waals surface area contributed by atoms with Crippen LogP contribution in [0.4, 0.5) is 0 Å². The van der Waals surface area contributed by atoms with Crippen LogP contribution in [0.1, 0.15) is 0 Å². The second kappa shape index (κ2) is 10.7. The Bertz CT molecular complexity index is 3150. The first-order valence-electron chi connectivity index (χ1n) is 17.0. The number of aromatic nitrogens is 4. The van der Waals surface area contributed by atoms with Crippen LogP contribution in [-0.2, 0) is 0 Å². The van der Waals surface area contributed by atoms with Crippen molar-refractivity contribution in [1.29, 1.82) is 0 Å². The third-order valence-corrected chi connectivity index (χ3v) is 9.87. The van der Waals surface area contributed by atoms with Crippen LogP contribution in [0.25, 0.3) is 106 Å². The van der Waals surface area contributed by atoms with Crippen molar-refractivity contribution in [3.8, 4) is 39.9 Å². The number of hydrogen-bond donors (Lipinski definition) is 0. The molecule has 51 heavy (non-hydrogen) atoms. The maximum absolute atomic E-state index is 6.40. The Hall–Kier alpha value is -7.05. The summed E-state index contributed by atoms with van der Waals surface area (Å²) in [5.74, 6) is 1.76. The largest absolute Gasteiger partial charge is 0.456 e. The van der Waals surface area contributed by atoms with Gasteiger partial charge in [0.15, 0.2) is 17.5 Å². The molecule has 0 N–H and O–H groups in total. The molecule has 0 aliphatic heterocycles. The summed E-state index contributed by atoms with van der Waals surface area (Å²) in [7, 11) is 0. The quantitative estimate of drug-likeness (QED) is 0.189. The highest BCUT2D eigenvalue weighted by molar-refractivity contribution is 6.24. The van der Waals surface area contributed by atoms with Gasteiger partial charge in [-0.1, -0.05) is 109 Å². The highest BCUT2D eigenvalue weighted by atomic mass is 16.3. The monoisotopic (exact) mass is 654 g/mol. The fourth-order valence-electron chi connectivity index (χ4n) is 7.67. The lowest BCUT2D eigenvalue weighted by Gasteiger charge is -2.15. The van der Waals surface area contributed by atoms with Gasteiger partial charge in [-0.2, -0.15) is 0 Å². The molecule has 0 atom stereocenters. The summed E-state index contributed by atoms with van der Waals surface area (Å²) >= 11 is 0. The van der Waals surface area contributed by atoms with Crippen molar-refractivity contribution in [3.63, 3.8) is 0 Å². The van der Waals surface area contributed by atoms with Crippen LogP contribution in [0.5, 0.6) is 0 Å². The molecule has 0 amide bonds. The number of hydrogen-bond acceptors (Lipinski definition) is 5. The van der Waals surface area contributed by atoms with E-state index in [1.54, 1.807) is 0 Å². The van der Waals surface area contributed by atoms with Crippen LogP contribution in [0.3, 0.4) is 0 Å². The Kier molecular flexibility index (Phi) is 5.86. The number of benzene rings is 7.